The van der Waals surface area contributed by atoms with Crippen molar-refractivity contribution in [3.05, 3.63) is 46.3 Å². The van der Waals surface area contributed by atoms with E-state index in [9.17, 15) is 4.79 Å². The lowest BCUT2D eigenvalue weighted by Crippen LogP contribution is -2.25. The van der Waals surface area contributed by atoms with Gasteiger partial charge in [-0.3, -0.25) is 4.79 Å². The second kappa shape index (κ2) is 5.32. The van der Waals surface area contributed by atoms with Crippen molar-refractivity contribution in [2.45, 2.75) is 19.9 Å². The summed E-state index contributed by atoms with van der Waals surface area (Å²) in [5.74, 6) is 0.979. The van der Waals surface area contributed by atoms with Gasteiger partial charge in [0, 0.05) is 24.8 Å². The van der Waals surface area contributed by atoms with Crippen molar-refractivity contribution in [2.75, 3.05) is 16.8 Å². The van der Waals surface area contributed by atoms with E-state index < -0.39 is 0 Å². The number of carbonyl (C=O) groups is 1. The number of hydrogen-bond acceptors (Lipinski definition) is 3. The fraction of sp³-hybridized carbons (Fsp3) is 0.267. The van der Waals surface area contributed by atoms with Crippen molar-refractivity contribution < 1.29 is 9.21 Å². The number of benzene rings is 1. The third-order valence-corrected chi connectivity index (χ3v) is 3.88. The molecule has 5 heteroatoms. The molecule has 0 radical (unpaired) electrons. The normalized spacial score (nSPS) is 13.4. The molecule has 0 saturated carbocycles. The first kappa shape index (κ1) is 13.2. The Labute approximate surface area is 125 Å². The molecular weight excluding hydrogens is 320 g/mol. The van der Waals surface area contributed by atoms with Crippen molar-refractivity contribution in [1.82, 2.24) is 0 Å². The predicted octanol–water partition coefficient (Wildman–Crippen LogP) is 3.56. The highest BCUT2D eigenvalue weighted by Crippen LogP contribution is 2.30. The van der Waals surface area contributed by atoms with Crippen molar-refractivity contribution in [1.29, 1.82) is 0 Å². The molecule has 1 aliphatic heterocycles. The number of nitrogens with one attached hydrogen (secondary N) is 1. The predicted molar refractivity (Wildman–Crippen MR) is 81.9 cm³/mol. The maximum absolute atomic E-state index is 11.5. The number of hydrogen-bond donors (Lipinski definition) is 1. The fourth-order valence-electron chi connectivity index (χ4n) is 2.47. The lowest BCUT2D eigenvalue weighted by atomic mass is 10.1. The molecule has 0 fully saturated rings. The number of furan rings is 1. The molecule has 1 aromatic heterocycles. The molecule has 0 unspecified atom stereocenters. The first-order chi connectivity index (χ1) is 9.63. The van der Waals surface area contributed by atoms with Crippen LogP contribution >= 0.6 is 15.9 Å². The van der Waals surface area contributed by atoms with Crippen LogP contribution in [0.15, 0.2) is 39.4 Å². The zero-order chi connectivity index (χ0) is 14.1. The Bertz CT molecular complexity index is 651. The van der Waals surface area contributed by atoms with Gasteiger partial charge in [0.05, 0.1) is 6.54 Å². The van der Waals surface area contributed by atoms with Gasteiger partial charge in [0.2, 0.25) is 5.91 Å². The molecule has 1 amide bonds. The molecule has 1 aromatic carbocycles. The summed E-state index contributed by atoms with van der Waals surface area (Å²) < 4.78 is 6.18. The third kappa shape index (κ3) is 2.58. The number of carbonyl (C=O) groups excluding carboxylic acids is 1. The molecule has 3 rings (SSSR count). The number of anilines is 2. The summed E-state index contributed by atoms with van der Waals surface area (Å²) >= 11 is 3.29. The van der Waals surface area contributed by atoms with Crippen LogP contribution in [0.1, 0.15) is 18.2 Å². The van der Waals surface area contributed by atoms with E-state index in [2.05, 4.69) is 27.3 Å². The molecule has 1 aliphatic rings. The monoisotopic (exact) mass is 334 g/mol. The van der Waals surface area contributed by atoms with Crippen LogP contribution in [0.2, 0.25) is 0 Å². The highest BCUT2D eigenvalue weighted by Gasteiger charge is 2.21. The average molecular weight is 335 g/mol. The number of rotatable bonds is 3. The Balaban J connectivity index is 1.72. The largest absolute Gasteiger partial charge is 0.452 e. The molecule has 1 N–H and O–H groups in total. The van der Waals surface area contributed by atoms with Gasteiger partial charge < -0.3 is 14.6 Å². The Kier molecular flexibility index (Phi) is 3.53. The first-order valence-corrected chi connectivity index (χ1v) is 7.32. The van der Waals surface area contributed by atoms with E-state index in [1.54, 1.807) is 6.92 Å². The maximum Gasteiger partial charge on any atom is 0.223 e. The molecule has 104 valence electrons. The summed E-state index contributed by atoms with van der Waals surface area (Å²) in [6.45, 7) is 3.02. The molecule has 20 heavy (non-hydrogen) atoms. The Morgan fingerprint density at radius 1 is 1.40 bits per heavy atom. The van der Waals surface area contributed by atoms with Gasteiger partial charge in [-0.25, -0.2) is 0 Å². The van der Waals surface area contributed by atoms with Gasteiger partial charge in [-0.1, -0.05) is 0 Å². The molecule has 4 nitrogen and oxygen atoms in total. The van der Waals surface area contributed by atoms with Gasteiger partial charge in [0.1, 0.15) is 5.76 Å². The Morgan fingerprint density at radius 3 is 2.95 bits per heavy atom. The quantitative estimate of drug-likeness (QED) is 0.933. The average Bonchev–Trinajstić information content (AvgIpc) is 3.01. The van der Waals surface area contributed by atoms with Crippen molar-refractivity contribution in [2.24, 2.45) is 0 Å². The van der Waals surface area contributed by atoms with Gasteiger partial charge in [0.25, 0.3) is 0 Å². The second-order valence-electron chi connectivity index (χ2n) is 4.82. The Hall–Kier alpha value is -1.75. The van der Waals surface area contributed by atoms with E-state index in [0.29, 0.717) is 6.54 Å². The number of amides is 1. The molecule has 0 bridgehead atoms. The van der Waals surface area contributed by atoms with Crippen LogP contribution in [-0.4, -0.2) is 12.5 Å². The van der Waals surface area contributed by atoms with E-state index in [-0.39, 0.29) is 5.91 Å². The van der Waals surface area contributed by atoms with Gasteiger partial charge in [-0.2, -0.15) is 0 Å². The smallest absolute Gasteiger partial charge is 0.223 e. The lowest BCUT2D eigenvalue weighted by Gasteiger charge is -2.15. The van der Waals surface area contributed by atoms with Crippen LogP contribution in [0.25, 0.3) is 0 Å². The zero-order valence-electron chi connectivity index (χ0n) is 11.1. The Morgan fingerprint density at radius 2 is 2.25 bits per heavy atom. The highest BCUT2D eigenvalue weighted by atomic mass is 79.9. The van der Waals surface area contributed by atoms with Crippen molar-refractivity contribution >= 4 is 33.2 Å². The minimum absolute atomic E-state index is 0.102. The third-order valence-electron chi connectivity index (χ3n) is 3.45. The highest BCUT2D eigenvalue weighted by molar-refractivity contribution is 9.10. The summed E-state index contributed by atoms with van der Waals surface area (Å²) in [5.41, 5.74) is 3.29. The summed E-state index contributed by atoms with van der Waals surface area (Å²) in [4.78, 5) is 13.3. The van der Waals surface area contributed by atoms with Crippen LogP contribution in [0, 0.1) is 0 Å². The maximum atomic E-state index is 11.5. The number of fused-ring (bicyclic) bond motifs is 1. The van der Waals surface area contributed by atoms with Crippen LogP contribution < -0.4 is 10.2 Å². The zero-order valence-corrected chi connectivity index (χ0v) is 12.7. The van der Waals surface area contributed by atoms with E-state index >= 15 is 0 Å². The van der Waals surface area contributed by atoms with Gasteiger partial charge in [-0.05, 0) is 58.2 Å². The van der Waals surface area contributed by atoms with Crippen molar-refractivity contribution in [3.8, 4) is 0 Å². The first-order valence-electron chi connectivity index (χ1n) is 6.52. The van der Waals surface area contributed by atoms with Gasteiger partial charge in [-0.15, -0.1) is 0 Å². The topological polar surface area (TPSA) is 45.5 Å². The summed E-state index contributed by atoms with van der Waals surface area (Å²) in [5, 5.41) is 3.33. The summed E-state index contributed by atoms with van der Waals surface area (Å²) in [6.07, 6.45) is 0.913. The van der Waals surface area contributed by atoms with Crippen LogP contribution in [0.4, 0.5) is 11.4 Å². The van der Waals surface area contributed by atoms with Crippen LogP contribution in [0.3, 0.4) is 0 Å². The minimum Gasteiger partial charge on any atom is -0.452 e. The molecule has 2 heterocycles. The summed E-state index contributed by atoms with van der Waals surface area (Å²) in [7, 11) is 0. The van der Waals surface area contributed by atoms with Crippen LogP contribution in [-0.2, 0) is 17.8 Å². The standard InChI is InChI=1S/C15H15BrN2O2/c1-10(19)18-7-6-11-8-12(2-4-14(11)18)17-9-13-3-5-15(16)20-13/h2-5,8,17H,6-7,9H2,1H3. The summed E-state index contributed by atoms with van der Waals surface area (Å²) in [6, 6.07) is 9.92. The van der Waals surface area contributed by atoms with E-state index in [1.807, 2.05) is 29.2 Å². The van der Waals surface area contributed by atoms with Gasteiger partial charge in [0.15, 0.2) is 4.67 Å². The van der Waals surface area contributed by atoms with E-state index in [1.165, 1.54) is 5.56 Å². The second-order valence-corrected chi connectivity index (χ2v) is 5.61. The van der Waals surface area contributed by atoms with E-state index in [0.717, 1.165) is 34.8 Å². The molecule has 0 aliphatic carbocycles. The molecule has 0 saturated heterocycles. The van der Waals surface area contributed by atoms with E-state index in [4.69, 9.17) is 4.42 Å². The molecule has 0 spiro atoms. The molecular formula is C15H15BrN2O2. The SMILES string of the molecule is CC(=O)N1CCc2cc(NCc3ccc(Br)o3)ccc21. The number of nitrogens with zero attached hydrogens (tertiary/aromatic N) is 1. The van der Waals surface area contributed by atoms with Crippen molar-refractivity contribution in [3.63, 3.8) is 0 Å². The van der Waals surface area contributed by atoms with Gasteiger partial charge >= 0.3 is 0 Å². The number of halogens is 1. The van der Waals surface area contributed by atoms with Crippen LogP contribution in [0.5, 0.6) is 0 Å². The minimum atomic E-state index is 0.102. The molecule has 2 aromatic rings. The molecule has 0 atom stereocenters. The lowest BCUT2D eigenvalue weighted by molar-refractivity contribution is -0.116. The fourth-order valence-corrected chi connectivity index (χ4v) is 2.81.